The highest BCUT2D eigenvalue weighted by Crippen LogP contribution is 2.32. The van der Waals surface area contributed by atoms with Gasteiger partial charge >= 0.3 is 5.56 Å². The van der Waals surface area contributed by atoms with Crippen LogP contribution in [0.3, 0.4) is 0 Å². The normalized spacial score (nSPS) is 14.2. The number of hydrogen-bond acceptors (Lipinski definition) is 7. The SMILES string of the molecule is O=C(NCc1ccc(F)cc1)c1nc2c3c(N4CCOCC4)cccc3on2c(=O)c1O. The second-order valence-corrected chi connectivity index (χ2v) is 7.38. The lowest BCUT2D eigenvalue weighted by molar-refractivity contribution is 0.0942. The number of anilines is 1. The minimum atomic E-state index is -0.883. The topological polar surface area (TPSA) is 109 Å². The number of halogens is 1. The molecule has 2 aromatic carbocycles. The lowest BCUT2D eigenvalue weighted by Crippen LogP contribution is -2.36. The molecule has 4 aromatic rings. The van der Waals surface area contributed by atoms with E-state index in [1.54, 1.807) is 12.1 Å². The van der Waals surface area contributed by atoms with E-state index < -0.39 is 22.9 Å². The molecule has 32 heavy (non-hydrogen) atoms. The molecule has 0 spiro atoms. The van der Waals surface area contributed by atoms with Gasteiger partial charge in [0.05, 0.1) is 24.3 Å². The van der Waals surface area contributed by atoms with E-state index in [0.29, 0.717) is 42.8 Å². The molecule has 0 bridgehead atoms. The summed E-state index contributed by atoms with van der Waals surface area (Å²) in [5.74, 6) is -1.93. The number of aromatic hydroxyl groups is 1. The number of hydrogen-bond donors (Lipinski definition) is 2. The lowest BCUT2D eigenvalue weighted by atomic mass is 10.2. The molecule has 0 unspecified atom stereocenters. The smallest absolute Gasteiger partial charge is 0.330 e. The van der Waals surface area contributed by atoms with Gasteiger partial charge in [0.2, 0.25) is 5.75 Å². The first-order chi connectivity index (χ1) is 15.5. The van der Waals surface area contributed by atoms with Crippen molar-refractivity contribution in [1.82, 2.24) is 14.9 Å². The van der Waals surface area contributed by atoms with Crippen LogP contribution in [0.4, 0.5) is 10.1 Å². The van der Waals surface area contributed by atoms with E-state index in [-0.39, 0.29) is 18.0 Å². The number of nitrogens with zero attached hydrogens (tertiary/aromatic N) is 3. The number of amides is 1. The van der Waals surface area contributed by atoms with Gasteiger partial charge in [-0.2, -0.15) is 0 Å². The number of nitrogens with one attached hydrogen (secondary N) is 1. The van der Waals surface area contributed by atoms with Crippen LogP contribution in [-0.2, 0) is 11.3 Å². The fraction of sp³-hybridized carbons (Fsp3) is 0.227. The van der Waals surface area contributed by atoms with Crippen LogP contribution in [0.5, 0.6) is 5.75 Å². The molecule has 3 heterocycles. The maximum absolute atomic E-state index is 13.1. The molecule has 1 amide bonds. The number of carbonyl (C=O) groups is 1. The largest absolute Gasteiger partial charge is 0.501 e. The minimum absolute atomic E-state index is 0.0742. The summed E-state index contributed by atoms with van der Waals surface area (Å²) in [6.07, 6.45) is 0. The molecule has 1 aliphatic heterocycles. The number of fused-ring (bicyclic) bond motifs is 3. The molecule has 10 heteroatoms. The van der Waals surface area contributed by atoms with Gasteiger partial charge in [-0.3, -0.25) is 9.59 Å². The summed E-state index contributed by atoms with van der Waals surface area (Å²) in [6, 6.07) is 11.0. The quantitative estimate of drug-likeness (QED) is 0.502. The van der Waals surface area contributed by atoms with Gasteiger partial charge in [-0.1, -0.05) is 18.2 Å². The molecule has 1 aliphatic rings. The summed E-state index contributed by atoms with van der Waals surface area (Å²) in [4.78, 5) is 31.9. The van der Waals surface area contributed by atoms with Crippen molar-refractivity contribution in [2.24, 2.45) is 0 Å². The Labute approximate surface area is 180 Å². The van der Waals surface area contributed by atoms with Crippen LogP contribution >= 0.6 is 0 Å². The van der Waals surface area contributed by atoms with Crippen molar-refractivity contribution in [3.8, 4) is 5.75 Å². The molecule has 0 aliphatic carbocycles. The van der Waals surface area contributed by atoms with Gasteiger partial charge in [0.25, 0.3) is 5.91 Å². The molecule has 164 valence electrons. The van der Waals surface area contributed by atoms with Gasteiger partial charge < -0.3 is 24.6 Å². The van der Waals surface area contributed by atoms with Crippen molar-refractivity contribution in [3.63, 3.8) is 0 Å². The van der Waals surface area contributed by atoms with Gasteiger partial charge in [0.15, 0.2) is 16.9 Å². The van der Waals surface area contributed by atoms with Crippen molar-refractivity contribution in [1.29, 1.82) is 0 Å². The molecule has 0 saturated carbocycles. The summed E-state index contributed by atoms with van der Waals surface area (Å²) >= 11 is 0. The highest BCUT2D eigenvalue weighted by molar-refractivity contribution is 6.03. The van der Waals surface area contributed by atoms with E-state index >= 15 is 0 Å². The lowest BCUT2D eigenvalue weighted by Gasteiger charge is -2.29. The summed E-state index contributed by atoms with van der Waals surface area (Å²) in [5.41, 5.74) is 0.703. The van der Waals surface area contributed by atoms with E-state index in [1.807, 2.05) is 6.07 Å². The third kappa shape index (κ3) is 3.44. The zero-order valence-corrected chi connectivity index (χ0v) is 16.9. The zero-order valence-electron chi connectivity index (χ0n) is 16.9. The third-order valence-electron chi connectivity index (χ3n) is 5.37. The van der Waals surface area contributed by atoms with Crippen molar-refractivity contribution >= 4 is 28.2 Å². The molecule has 2 aromatic heterocycles. The maximum atomic E-state index is 13.1. The second-order valence-electron chi connectivity index (χ2n) is 7.38. The van der Waals surface area contributed by atoms with Crippen LogP contribution < -0.4 is 15.8 Å². The Morgan fingerprint density at radius 2 is 1.91 bits per heavy atom. The van der Waals surface area contributed by atoms with Gasteiger partial charge in [0, 0.05) is 19.6 Å². The predicted octanol–water partition coefficient (Wildman–Crippen LogP) is 2.05. The van der Waals surface area contributed by atoms with Crippen LogP contribution in [0.15, 0.2) is 51.8 Å². The standard InChI is InChI=1S/C22H19FN4O5/c23-14-6-4-13(5-7-14)12-24-21(29)18-19(28)22(30)27-20(25-18)17-15(2-1-3-16(17)32-27)26-8-10-31-11-9-26/h1-7,28H,8-12H2,(H,24,29). The fourth-order valence-electron chi connectivity index (χ4n) is 3.75. The van der Waals surface area contributed by atoms with E-state index in [4.69, 9.17) is 9.26 Å². The molecular formula is C22H19FN4O5. The van der Waals surface area contributed by atoms with E-state index in [9.17, 15) is 19.1 Å². The first-order valence-electron chi connectivity index (χ1n) is 10.1. The number of morpholine rings is 1. The van der Waals surface area contributed by atoms with E-state index in [1.165, 1.54) is 24.3 Å². The molecule has 2 N–H and O–H groups in total. The van der Waals surface area contributed by atoms with Crippen molar-refractivity contribution in [3.05, 3.63) is 69.9 Å². The molecular weight excluding hydrogens is 419 g/mol. The molecule has 0 radical (unpaired) electrons. The Bertz CT molecular complexity index is 1370. The first-order valence-corrected chi connectivity index (χ1v) is 10.1. The van der Waals surface area contributed by atoms with Crippen molar-refractivity contribution in [2.75, 3.05) is 31.2 Å². The average Bonchev–Trinajstić information content (AvgIpc) is 3.20. The Hall–Kier alpha value is -3.92. The molecule has 0 atom stereocenters. The van der Waals surface area contributed by atoms with Gasteiger partial charge in [-0.25, -0.2) is 9.37 Å². The van der Waals surface area contributed by atoms with Crippen LogP contribution in [0.25, 0.3) is 16.6 Å². The molecule has 5 rings (SSSR count). The number of benzene rings is 2. The highest BCUT2D eigenvalue weighted by atomic mass is 19.1. The van der Waals surface area contributed by atoms with E-state index in [2.05, 4.69) is 15.2 Å². The van der Waals surface area contributed by atoms with Crippen LogP contribution in [-0.4, -0.2) is 46.9 Å². The van der Waals surface area contributed by atoms with Crippen molar-refractivity contribution < 1.29 is 23.6 Å². The first kappa shape index (κ1) is 20.0. The Kier molecular flexibility index (Phi) is 4.98. The molecule has 9 nitrogen and oxygen atoms in total. The number of rotatable bonds is 4. The fourth-order valence-corrected chi connectivity index (χ4v) is 3.75. The van der Waals surface area contributed by atoms with E-state index in [0.717, 1.165) is 10.3 Å². The summed E-state index contributed by atoms with van der Waals surface area (Å²) in [6.45, 7) is 2.52. The third-order valence-corrected chi connectivity index (χ3v) is 5.37. The Morgan fingerprint density at radius 1 is 1.16 bits per heavy atom. The van der Waals surface area contributed by atoms with Crippen molar-refractivity contribution in [2.45, 2.75) is 6.54 Å². The van der Waals surface area contributed by atoms with Crippen LogP contribution in [0.1, 0.15) is 16.1 Å². The van der Waals surface area contributed by atoms with Gasteiger partial charge in [-0.05, 0) is 29.8 Å². The van der Waals surface area contributed by atoms with Crippen LogP contribution in [0, 0.1) is 5.82 Å². The Balaban J connectivity index is 1.57. The van der Waals surface area contributed by atoms with Gasteiger partial charge in [0.1, 0.15) is 5.82 Å². The maximum Gasteiger partial charge on any atom is 0.330 e. The number of ether oxygens (including phenoxy) is 1. The number of aromatic nitrogens is 2. The molecule has 1 saturated heterocycles. The zero-order chi connectivity index (χ0) is 22.2. The summed E-state index contributed by atoms with van der Waals surface area (Å²) in [7, 11) is 0. The highest BCUT2D eigenvalue weighted by Gasteiger charge is 2.25. The Morgan fingerprint density at radius 3 is 2.66 bits per heavy atom. The predicted molar refractivity (Wildman–Crippen MR) is 114 cm³/mol. The minimum Gasteiger partial charge on any atom is -0.501 e. The number of carbonyl (C=O) groups excluding carboxylic acids is 1. The average molecular weight is 438 g/mol. The summed E-state index contributed by atoms with van der Waals surface area (Å²) < 4.78 is 25.0. The van der Waals surface area contributed by atoms with Gasteiger partial charge in [-0.15, -0.1) is 4.57 Å². The summed E-state index contributed by atoms with van der Waals surface area (Å²) in [5, 5.41) is 13.5. The monoisotopic (exact) mass is 438 g/mol. The second kappa shape index (κ2) is 7.97. The molecule has 1 fully saturated rings. The van der Waals surface area contributed by atoms with Crippen LogP contribution in [0.2, 0.25) is 0 Å².